The van der Waals surface area contributed by atoms with E-state index in [9.17, 15) is 0 Å². The summed E-state index contributed by atoms with van der Waals surface area (Å²) in [5, 5.41) is 0. The molecule has 1 heteroatoms. The van der Waals surface area contributed by atoms with Gasteiger partial charge in [0, 0.05) is 5.41 Å². The van der Waals surface area contributed by atoms with Gasteiger partial charge in [0.1, 0.15) is 0 Å². The predicted octanol–water partition coefficient (Wildman–Crippen LogP) is 3.93. The molecule has 1 atom stereocenters. The Bertz CT molecular complexity index is 611. The van der Waals surface area contributed by atoms with Gasteiger partial charge in [0.05, 0.1) is 12.7 Å². The van der Waals surface area contributed by atoms with Crippen molar-refractivity contribution in [3.05, 3.63) is 72.3 Å². The van der Waals surface area contributed by atoms with Crippen LogP contribution in [0, 0.1) is 0 Å². The van der Waals surface area contributed by atoms with Gasteiger partial charge < -0.3 is 4.74 Å². The van der Waals surface area contributed by atoms with Gasteiger partial charge in [0.2, 0.25) is 0 Å². The van der Waals surface area contributed by atoms with Gasteiger partial charge >= 0.3 is 0 Å². The highest BCUT2D eigenvalue weighted by molar-refractivity contribution is 5.81. The van der Waals surface area contributed by atoms with E-state index in [1.165, 1.54) is 22.3 Å². The number of fused-ring (bicyclic) bond motifs is 5. The fourth-order valence-corrected chi connectivity index (χ4v) is 3.65. The third-order valence-electron chi connectivity index (χ3n) is 4.53. The molecule has 0 N–H and O–H groups in total. The SMILES string of the molecule is C=C[C@@H]1CC2(CO1)c1ccccc1-c1ccccc12. The lowest BCUT2D eigenvalue weighted by Gasteiger charge is -2.24. The third kappa shape index (κ3) is 1.34. The van der Waals surface area contributed by atoms with Crippen LogP contribution in [-0.4, -0.2) is 12.7 Å². The summed E-state index contributed by atoms with van der Waals surface area (Å²) in [5.41, 5.74) is 5.60. The van der Waals surface area contributed by atoms with Gasteiger partial charge in [-0.1, -0.05) is 54.6 Å². The lowest BCUT2D eigenvalue weighted by molar-refractivity contribution is 0.138. The molecule has 2 aromatic rings. The molecule has 1 saturated heterocycles. The van der Waals surface area contributed by atoms with Gasteiger partial charge in [-0.15, -0.1) is 6.58 Å². The van der Waals surface area contributed by atoms with Gasteiger partial charge in [-0.05, 0) is 28.7 Å². The number of rotatable bonds is 1. The van der Waals surface area contributed by atoms with Crippen LogP contribution in [0.1, 0.15) is 17.5 Å². The minimum absolute atomic E-state index is 0.0338. The molecule has 94 valence electrons. The Morgan fingerprint density at radius 1 is 1.00 bits per heavy atom. The second-order valence-corrected chi connectivity index (χ2v) is 5.46. The monoisotopic (exact) mass is 248 g/mol. The van der Waals surface area contributed by atoms with E-state index in [0.29, 0.717) is 0 Å². The molecule has 1 aliphatic carbocycles. The Hall–Kier alpha value is -1.86. The zero-order valence-electron chi connectivity index (χ0n) is 10.8. The van der Waals surface area contributed by atoms with E-state index in [2.05, 4.69) is 55.1 Å². The number of hydrogen-bond donors (Lipinski definition) is 0. The Balaban J connectivity index is 1.99. The standard InChI is InChI=1S/C18H16O/c1-2-13-11-18(12-19-13)16-9-5-3-7-14(16)15-8-4-6-10-17(15)18/h2-10,13H,1,11-12H2/t13-/m1/s1. The maximum absolute atomic E-state index is 5.94. The van der Waals surface area contributed by atoms with Crippen molar-refractivity contribution >= 4 is 0 Å². The van der Waals surface area contributed by atoms with Crippen molar-refractivity contribution in [2.45, 2.75) is 17.9 Å². The lowest BCUT2D eigenvalue weighted by atomic mass is 9.76. The van der Waals surface area contributed by atoms with Crippen LogP contribution in [0.5, 0.6) is 0 Å². The average molecular weight is 248 g/mol. The van der Waals surface area contributed by atoms with Gasteiger partial charge in [-0.2, -0.15) is 0 Å². The second kappa shape index (κ2) is 3.82. The molecule has 1 spiro atoms. The minimum atomic E-state index is 0.0338. The first-order chi connectivity index (χ1) is 9.35. The molecule has 19 heavy (non-hydrogen) atoms. The maximum Gasteiger partial charge on any atom is 0.0766 e. The Morgan fingerprint density at radius 2 is 1.58 bits per heavy atom. The summed E-state index contributed by atoms with van der Waals surface area (Å²) in [7, 11) is 0. The molecule has 0 amide bonds. The van der Waals surface area contributed by atoms with Gasteiger partial charge in [0.25, 0.3) is 0 Å². The van der Waals surface area contributed by atoms with Crippen LogP contribution in [0.2, 0.25) is 0 Å². The van der Waals surface area contributed by atoms with Crippen molar-refractivity contribution in [3.63, 3.8) is 0 Å². The summed E-state index contributed by atoms with van der Waals surface area (Å²) in [6.07, 6.45) is 3.10. The van der Waals surface area contributed by atoms with Crippen LogP contribution in [0.15, 0.2) is 61.2 Å². The van der Waals surface area contributed by atoms with Crippen molar-refractivity contribution < 1.29 is 4.74 Å². The molecule has 4 rings (SSSR count). The average Bonchev–Trinajstić information content (AvgIpc) is 3.03. The van der Waals surface area contributed by atoms with Crippen LogP contribution in [0.4, 0.5) is 0 Å². The van der Waals surface area contributed by atoms with Crippen LogP contribution in [0.25, 0.3) is 11.1 Å². The fraction of sp³-hybridized carbons (Fsp3) is 0.222. The molecule has 0 bridgehead atoms. The fourth-order valence-electron chi connectivity index (χ4n) is 3.65. The van der Waals surface area contributed by atoms with Crippen molar-refractivity contribution in [1.29, 1.82) is 0 Å². The smallest absolute Gasteiger partial charge is 0.0766 e. The predicted molar refractivity (Wildman–Crippen MR) is 77.2 cm³/mol. The van der Waals surface area contributed by atoms with Crippen LogP contribution in [-0.2, 0) is 10.2 Å². The van der Waals surface area contributed by atoms with E-state index >= 15 is 0 Å². The molecular weight excluding hydrogens is 232 g/mol. The van der Waals surface area contributed by atoms with E-state index in [0.717, 1.165) is 13.0 Å². The zero-order valence-corrected chi connectivity index (χ0v) is 10.8. The second-order valence-electron chi connectivity index (χ2n) is 5.46. The maximum atomic E-state index is 5.94. The molecule has 0 aromatic heterocycles. The van der Waals surface area contributed by atoms with E-state index in [-0.39, 0.29) is 11.5 Å². The first-order valence-corrected chi connectivity index (χ1v) is 6.79. The van der Waals surface area contributed by atoms with Crippen molar-refractivity contribution in [1.82, 2.24) is 0 Å². The first kappa shape index (κ1) is 11.0. The molecule has 0 saturated carbocycles. The summed E-state index contributed by atoms with van der Waals surface area (Å²) in [6, 6.07) is 17.5. The number of ether oxygens (including phenoxy) is 1. The van der Waals surface area contributed by atoms with Crippen molar-refractivity contribution in [2.75, 3.05) is 6.61 Å². The van der Waals surface area contributed by atoms with Crippen LogP contribution < -0.4 is 0 Å². The summed E-state index contributed by atoms with van der Waals surface area (Å²) in [5.74, 6) is 0. The molecule has 1 nitrogen and oxygen atoms in total. The summed E-state index contributed by atoms with van der Waals surface area (Å²) in [4.78, 5) is 0. The molecule has 1 aliphatic heterocycles. The molecule has 0 unspecified atom stereocenters. The Morgan fingerprint density at radius 3 is 2.11 bits per heavy atom. The summed E-state index contributed by atoms with van der Waals surface area (Å²) in [6.45, 7) is 4.65. The lowest BCUT2D eigenvalue weighted by Crippen LogP contribution is -2.25. The number of benzene rings is 2. The van der Waals surface area contributed by atoms with E-state index in [4.69, 9.17) is 4.74 Å². The number of hydrogen-bond acceptors (Lipinski definition) is 1. The first-order valence-electron chi connectivity index (χ1n) is 6.79. The molecule has 1 heterocycles. The van der Waals surface area contributed by atoms with Gasteiger partial charge in [-0.25, -0.2) is 0 Å². The summed E-state index contributed by atoms with van der Waals surface area (Å²) >= 11 is 0. The summed E-state index contributed by atoms with van der Waals surface area (Å²) < 4.78 is 5.94. The van der Waals surface area contributed by atoms with Crippen molar-refractivity contribution in [3.8, 4) is 11.1 Å². The normalized spacial score (nSPS) is 22.2. The van der Waals surface area contributed by atoms with E-state index < -0.39 is 0 Å². The molecule has 2 aliphatic rings. The molecule has 1 fully saturated rings. The highest BCUT2D eigenvalue weighted by Gasteiger charge is 2.48. The largest absolute Gasteiger partial charge is 0.373 e. The highest BCUT2D eigenvalue weighted by Crippen LogP contribution is 2.53. The third-order valence-corrected chi connectivity index (χ3v) is 4.53. The highest BCUT2D eigenvalue weighted by atomic mass is 16.5. The molecule has 0 radical (unpaired) electrons. The van der Waals surface area contributed by atoms with Crippen molar-refractivity contribution in [2.24, 2.45) is 0 Å². The van der Waals surface area contributed by atoms with Gasteiger partial charge in [-0.3, -0.25) is 0 Å². The van der Waals surface area contributed by atoms with E-state index in [1.54, 1.807) is 0 Å². The van der Waals surface area contributed by atoms with Crippen LogP contribution in [0.3, 0.4) is 0 Å². The quantitative estimate of drug-likeness (QED) is 0.695. The van der Waals surface area contributed by atoms with Gasteiger partial charge in [0.15, 0.2) is 0 Å². The molecular formula is C18H16O. The Labute approximate surface area is 113 Å². The van der Waals surface area contributed by atoms with E-state index in [1.807, 2.05) is 6.08 Å². The molecule has 2 aromatic carbocycles. The zero-order chi connectivity index (χ0) is 12.9. The topological polar surface area (TPSA) is 9.23 Å². The Kier molecular flexibility index (Phi) is 2.21. The minimum Gasteiger partial charge on any atom is -0.373 e. The van der Waals surface area contributed by atoms with Crippen LogP contribution >= 0.6 is 0 Å².